The Kier molecular flexibility index (Phi) is 9.43. The first-order chi connectivity index (χ1) is 17.7. The molecule has 4 rings (SSSR count). The third-order valence-corrected chi connectivity index (χ3v) is 8.41. The molecule has 1 fully saturated rings. The first-order valence-corrected chi connectivity index (χ1v) is 13.6. The summed E-state index contributed by atoms with van der Waals surface area (Å²) in [6.45, 7) is 8.08. The number of hydrogen-bond acceptors (Lipinski definition) is 5. The zero-order chi connectivity index (χ0) is 28.1. The highest BCUT2D eigenvalue weighted by molar-refractivity contribution is 7.89. The fraction of sp³-hybridized carbons (Fsp3) is 0.500. The number of sulfonamides is 1. The summed E-state index contributed by atoms with van der Waals surface area (Å²) in [5.74, 6) is -2.30. The standard InChI is InChI=1S/C24H31FN2O3S.C2HF3O2/c1-19(2)15-27-17-24(18-30-22-5-3-4-6-23(22)31(27,28)29)11-13-26(14-12-24)16-20-7-9-21(25)10-8-20;3-2(4,5)1(6)7/h3-10,19H,11-18H2,1-2H3;(H,6,7). The molecule has 7 nitrogen and oxygen atoms in total. The summed E-state index contributed by atoms with van der Waals surface area (Å²) in [6.07, 6.45) is -3.36. The molecule has 1 saturated heterocycles. The van der Waals surface area contributed by atoms with Crippen molar-refractivity contribution < 1.29 is 40.6 Å². The number of rotatable bonds is 4. The minimum absolute atomic E-state index is 0.214. The second kappa shape index (κ2) is 12.0. The molecule has 0 atom stereocenters. The van der Waals surface area contributed by atoms with Crippen LogP contribution in [-0.4, -0.2) is 67.7 Å². The lowest BCUT2D eigenvalue weighted by Gasteiger charge is -2.45. The molecule has 0 unspecified atom stereocenters. The monoisotopic (exact) mass is 560 g/mol. The molecule has 0 aliphatic carbocycles. The van der Waals surface area contributed by atoms with E-state index in [0.29, 0.717) is 25.4 Å². The Bertz CT molecular complexity index is 1190. The van der Waals surface area contributed by atoms with Crippen LogP contribution in [0.4, 0.5) is 17.6 Å². The molecular formula is C26H32F4N2O5S. The van der Waals surface area contributed by atoms with Crippen LogP contribution in [0.5, 0.6) is 5.75 Å². The second-order valence-corrected chi connectivity index (χ2v) is 12.0. The summed E-state index contributed by atoms with van der Waals surface area (Å²) in [5, 5.41) is 7.12. The summed E-state index contributed by atoms with van der Waals surface area (Å²) in [5.41, 5.74) is 0.874. The average Bonchev–Trinajstić information content (AvgIpc) is 2.84. The van der Waals surface area contributed by atoms with E-state index in [-0.39, 0.29) is 22.0 Å². The lowest BCUT2D eigenvalue weighted by atomic mass is 9.78. The van der Waals surface area contributed by atoms with Crippen molar-refractivity contribution in [3.63, 3.8) is 0 Å². The van der Waals surface area contributed by atoms with Gasteiger partial charge >= 0.3 is 12.1 Å². The predicted molar refractivity (Wildman–Crippen MR) is 133 cm³/mol. The van der Waals surface area contributed by atoms with E-state index in [1.807, 2.05) is 18.2 Å². The number of para-hydroxylation sites is 1. The Morgan fingerprint density at radius 1 is 1.08 bits per heavy atom. The highest BCUT2D eigenvalue weighted by atomic mass is 32.2. The summed E-state index contributed by atoms with van der Waals surface area (Å²) in [6, 6.07) is 13.6. The average molecular weight is 561 g/mol. The molecule has 210 valence electrons. The molecule has 12 heteroatoms. The molecule has 0 aromatic heterocycles. The normalized spacial score (nSPS) is 19.4. The van der Waals surface area contributed by atoms with Crippen molar-refractivity contribution in [1.82, 2.24) is 9.21 Å². The van der Waals surface area contributed by atoms with Crippen LogP contribution in [0, 0.1) is 17.2 Å². The molecule has 0 radical (unpaired) electrons. The predicted octanol–water partition coefficient (Wildman–Crippen LogP) is 4.78. The molecule has 2 aliphatic heterocycles. The maximum absolute atomic E-state index is 13.5. The second-order valence-electron chi connectivity index (χ2n) is 10.1. The van der Waals surface area contributed by atoms with E-state index in [2.05, 4.69) is 18.7 Å². The number of benzene rings is 2. The van der Waals surface area contributed by atoms with Gasteiger partial charge in [0.1, 0.15) is 16.5 Å². The fourth-order valence-corrected chi connectivity index (χ4v) is 6.41. The molecule has 2 heterocycles. The lowest BCUT2D eigenvalue weighted by molar-refractivity contribution is -0.192. The van der Waals surface area contributed by atoms with Crippen LogP contribution < -0.4 is 4.74 Å². The largest absolute Gasteiger partial charge is 0.492 e. The van der Waals surface area contributed by atoms with Gasteiger partial charge < -0.3 is 9.84 Å². The quantitative estimate of drug-likeness (QED) is 0.542. The van der Waals surface area contributed by atoms with E-state index >= 15 is 0 Å². The number of halogens is 4. The minimum Gasteiger partial charge on any atom is -0.492 e. The van der Waals surface area contributed by atoms with E-state index in [4.69, 9.17) is 14.6 Å². The molecule has 0 saturated carbocycles. The van der Waals surface area contributed by atoms with Crippen molar-refractivity contribution >= 4 is 16.0 Å². The van der Waals surface area contributed by atoms with Crippen LogP contribution in [0.3, 0.4) is 0 Å². The number of nitrogens with zero attached hydrogens (tertiary/aromatic N) is 2. The molecule has 1 N–H and O–H groups in total. The van der Waals surface area contributed by atoms with Gasteiger partial charge in [0, 0.05) is 25.0 Å². The van der Waals surface area contributed by atoms with Gasteiger partial charge in [-0.25, -0.2) is 17.6 Å². The van der Waals surface area contributed by atoms with E-state index in [1.165, 1.54) is 12.1 Å². The van der Waals surface area contributed by atoms with Gasteiger partial charge in [0.15, 0.2) is 0 Å². The topological polar surface area (TPSA) is 87.2 Å². The van der Waals surface area contributed by atoms with Crippen molar-refractivity contribution in [2.45, 2.75) is 44.3 Å². The van der Waals surface area contributed by atoms with E-state index in [9.17, 15) is 26.0 Å². The number of likely N-dealkylation sites (tertiary alicyclic amines) is 1. The van der Waals surface area contributed by atoms with Crippen LogP contribution in [0.15, 0.2) is 53.4 Å². The van der Waals surface area contributed by atoms with Crippen LogP contribution in [0.25, 0.3) is 0 Å². The van der Waals surface area contributed by atoms with Gasteiger partial charge in [-0.1, -0.05) is 38.1 Å². The molecule has 2 aromatic rings. The Morgan fingerprint density at radius 3 is 2.21 bits per heavy atom. The van der Waals surface area contributed by atoms with E-state index in [0.717, 1.165) is 38.0 Å². The maximum Gasteiger partial charge on any atom is 0.490 e. The Morgan fingerprint density at radius 2 is 1.66 bits per heavy atom. The number of alkyl halides is 3. The number of hydrogen-bond donors (Lipinski definition) is 1. The molecule has 38 heavy (non-hydrogen) atoms. The molecule has 0 amide bonds. The minimum atomic E-state index is -5.08. The van der Waals surface area contributed by atoms with E-state index in [1.54, 1.807) is 22.5 Å². The summed E-state index contributed by atoms with van der Waals surface area (Å²) < 4.78 is 79.7. The highest BCUT2D eigenvalue weighted by Gasteiger charge is 2.43. The number of carboxylic acid groups (broad SMARTS) is 1. The number of ether oxygens (including phenoxy) is 1. The first kappa shape index (κ1) is 29.9. The Balaban J connectivity index is 0.000000505. The van der Waals surface area contributed by atoms with Crippen LogP contribution in [0.2, 0.25) is 0 Å². The van der Waals surface area contributed by atoms with Gasteiger partial charge in [-0.05, 0) is 61.7 Å². The van der Waals surface area contributed by atoms with Crippen molar-refractivity contribution in [2.75, 3.05) is 32.8 Å². The van der Waals surface area contributed by atoms with Crippen molar-refractivity contribution in [1.29, 1.82) is 0 Å². The zero-order valence-corrected chi connectivity index (χ0v) is 22.1. The number of carboxylic acids is 1. The third kappa shape index (κ3) is 7.67. The number of aliphatic carboxylic acids is 1. The van der Waals surface area contributed by atoms with Gasteiger partial charge in [-0.2, -0.15) is 17.5 Å². The molecule has 2 aromatic carbocycles. The van der Waals surface area contributed by atoms with E-state index < -0.39 is 22.2 Å². The van der Waals surface area contributed by atoms with Crippen LogP contribution in [-0.2, 0) is 21.4 Å². The number of piperidine rings is 1. The van der Waals surface area contributed by atoms with Crippen molar-refractivity contribution in [2.24, 2.45) is 11.3 Å². The van der Waals surface area contributed by atoms with Crippen LogP contribution in [0.1, 0.15) is 32.3 Å². The molecule has 2 aliphatic rings. The summed E-state index contributed by atoms with van der Waals surface area (Å²) >= 11 is 0. The summed E-state index contributed by atoms with van der Waals surface area (Å²) in [4.78, 5) is 11.5. The van der Waals surface area contributed by atoms with Gasteiger partial charge in [-0.15, -0.1) is 0 Å². The van der Waals surface area contributed by atoms with Crippen LogP contribution >= 0.6 is 0 Å². The Labute approximate surface area is 220 Å². The van der Waals surface area contributed by atoms with Gasteiger partial charge in [0.2, 0.25) is 10.0 Å². The first-order valence-electron chi connectivity index (χ1n) is 12.2. The lowest BCUT2D eigenvalue weighted by Crippen LogP contribution is -2.52. The van der Waals surface area contributed by atoms with Gasteiger partial charge in [-0.3, -0.25) is 4.90 Å². The zero-order valence-electron chi connectivity index (χ0n) is 21.2. The van der Waals surface area contributed by atoms with Gasteiger partial charge in [0.05, 0.1) is 6.61 Å². The molecular weight excluding hydrogens is 528 g/mol. The van der Waals surface area contributed by atoms with Crippen molar-refractivity contribution in [3.8, 4) is 5.75 Å². The smallest absolute Gasteiger partial charge is 0.490 e. The molecule has 1 spiro atoms. The van der Waals surface area contributed by atoms with Crippen molar-refractivity contribution in [3.05, 3.63) is 59.9 Å². The highest BCUT2D eigenvalue weighted by Crippen LogP contribution is 2.39. The fourth-order valence-electron chi connectivity index (χ4n) is 4.56. The third-order valence-electron chi connectivity index (χ3n) is 6.56. The summed E-state index contributed by atoms with van der Waals surface area (Å²) in [7, 11) is -3.62. The number of carbonyl (C=O) groups is 1. The molecule has 0 bridgehead atoms. The Hall–Kier alpha value is -2.70. The number of fused-ring (bicyclic) bond motifs is 1. The van der Waals surface area contributed by atoms with Gasteiger partial charge in [0.25, 0.3) is 0 Å². The SMILES string of the molecule is CC(C)CN1CC2(CCN(Cc3ccc(F)cc3)CC2)COc2ccccc2S1(=O)=O.O=C(O)C(F)(F)F. The maximum atomic E-state index is 13.5.